The Morgan fingerprint density at radius 3 is 2.71 bits per heavy atom. The van der Waals surface area contributed by atoms with Crippen molar-refractivity contribution in [2.45, 2.75) is 9.79 Å². The monoisotopic (exact) mass is 400 g/mol. The highest BCUT2D eigenvalue weighted by Crippen LogP contribution is 2.40. The Morgan fingerprint density at radius 2 is 1.86 bits per heavy atom. The van der Waals surface area contributed by atoms with Crippen LogP contribution in [0.1, 0.15) is 0 Å². The summed E-state index contributed by atoms with van der Waals surface area (Å²) < 4.78 is 38.2. The van der Waals surface area contributed by atoms with Crippen LogP contribution >= 0.6 is 0 Å². The number of rotatable bonds is 3. The van der Waals surface area contributed by atoms with E-state index in [9.17, 15) is 8.42 Å². The predicted octanol–water partition coefficient (Wildman–Crippen LogP) is 1.58. The highest BCUT2D eigenvalue weighted by atomic mass is 32.2. The van der Waals surface area contributed by atoms with Gasteiger partial charge in [0.05, 0.1) is 16.1 Å². The van der Waals surface area contributed by atoms with E-state index in [0.29, 0.717) is 30.0 Å². The lowest BCUT2D eigenvalue weighted by Gasteiger charge is -2.28. The first-order valence-corrected chi connectivity index (χ1v) is 10.7. The Kier molecular flexibility index (Phi) is 4.13. The minimum atomic E-state index is -3.83. The lowest BCUT2D eigenvalue weighted by molar-refractivity contribution is 0.167. The zero-order chi connectivity index (χ0) is 19.1. The summed E-state index contributed by atoms with van der Waals surface area (Å²) in [6.45, 7) is 4.20. The lowest BCUT2D eigenvalue weighted by Crippen LogP contribution is -2.43. The molecule has 9 heteroatoms. The average molecular weight is 400 g/mol. The molecule has 4 heterocycles. The number of sulfone groups is 1. The molecule has 2 N–H and O–H groups in total. The Hall–Kier alpha value is -2.78. The molecule has 1 saturated heterocycles. The van der Waals surface area contributed by atoms with Crippen LogP contribution in [0, 0.1) is 0 Å². The van der Waals surface area contributed by atoms with E-state index in [-0.39, 0.29) is 15.5 Å². The van der Waals surface area contributed by atoms with Crippen molar-refractivity contribution >= 4 is 26.6 Å². The van der Waals surface area contributed by atoms with Gasteiger partial charge < -0.3 is 24.7 Å². The first-order valence-electron chi connectivity index (χ1n) is 9.22. The second kappa shape index (κ2) is 6.68. The van der Waals surface area contributed by atoms with Crippen LogP contribution in [0.15, 0.2) is 46.5 Å². The fourth-order valence-electron chi connectivity index (χ4n) is 3.73. The number of piperazine rings is 1. The Labute approximate surface area is 162 Å². The molecule has 0 aliphatic carbocycles. The van der Waals surface area contributed by atoms with E-state index >= 15 is 0 Å². The number of hydrogen-bond acceptors (Lipinski definition) is 7. The third kappa shape index (κ3) is 2.70. The van der Waals surface area contributed by atoms with Crippen molar-refractivity contribution in [2.75, 3.05) is 44.3 Å². The molecule has 5 rings (SSSR count). The van der Waals surface area contributed by atoms with Gasteiger partial charge in [0.25, 0.3) is 0 Å². The van der Waals surface area contributed by atoms with Crippen LogP contribution in [0.4, 0.5) is 5.69 Å². The van der Waals surface area contributed by atoms with Gasteiger partial charge in [0.1, 0.15) is 23.6 Å². The Bertz CT molecular complexity index is 1140. The average Bonchev–Trinajstić information content (AvgIpc) is 3.18. The summed E-state index contributed by atoms with van der Waals surface area (Å²) in [5.41, 5.74) is 2.08. The second-order valence-electron chi connectivity index (χ2n) is 6.73. The molecule has 0 amide bonds. The number of benzene rings is 1. The van der Waals surface area contributed by atoms with Gasteiger partial charge in [0.2, 0.25) is 9.84 Å². The van der Waals surface area contributed by atoms with Crippen molar-refractivity contribution in [3.05, 3.63) is 36.7 Å². The number of aromatic amines is 1. The predicted molar refractivity (Wildman–Crippen MR) is 104 cm³/mol. The molecule has 2 aliphatic heterocycles. The van der Waals surface area contributed by atoms with E-state index in [1.807, 2.05) is 6.20 Å². The smallest absolute Gasteiger partial charge is 0.212 e. The third-order valence-electron chi connectivity index (χ3n) is 5.08. The fourth-order valence-corrected chi connectivity index (χ4v) is 5.30. The van der Waals surface area contributed by atoms with Gasteiger partial charge in [0.15, 0.2) is 11.5 Å². The summed E-state index contributed by atoms with van der Waals surface area (Å²) in [4.78, 5) is 10.1. The standard InChI is InChI=1S/C19H20N4O4S/c24-28(25,16-3-1-2-14-19(16)27-11-10-26-14)15-4-5-21-17-13(12-22-18(15)17)23-8-6-20-7-9-23/h1-5,12,20,22H,6-11H2. The topological polar surface area (TPSA) is 96.6 Å². The molecule has 0 spiro atoms. The van der Waals surface area contributed by atoms with E-state index in [2.05, 4.69) is 20.2 Å². The Morgan fingerprint density at radius 1 is 1.04 bits per heavy atom. The number of aromatic nitrogens is 2. The summed E-state index contributed by atoms with van der Waals surface area (Å²) >= 11 is 0. The molecule has 0 radical (unpaired) electrons. The van der Waals surface area contributed by atoms with Crippen LogP contribution in [-0.2, 0) is 9.84 Å². The van der Waals surface area contributed by atoms with E-state index in [1.165, 1.54) is 6.07 Å². The number of fused-ring (bicyclic) bond motifs is 2. The second-order valence-corrected chi connectivity index (χ2v) is 8.61. The van der Waals surface area contributed by atoms with Crippen LogP contribution in [0.5, 0.6) is 11.5 Å². The van der Waals surface area contributed by atoms with Crippen molar-refractivity contribution in [3.63, 3.8) is 0 Å². The fraction of sp³-hybridized carbons (Fsp3) is 0.316. The van der Waals surface area contributed by atoms with Crippen LogP contribution in [0.3, 0.4) is 0 Å². The molecule has 2 aromatic heterocycles. The largest absolute Gasteiger partial charge is 0.486 e. The minimum Gasteiger partial charge on any atom is -0.486 e. The number of pyridine rings is 1. The maximum atomic E-state index is 13.5. The highest BCUT2D eigenvalue weighted by Gasteiger charge is 2.29. The van der Waals surface area contributed by atoms with Gasteiger partial charge in [-0.1, -0.05) is 6.07 Å². The molecular weight excluding hydrogens is 380 g/mol. The quantitative estimate of drug-likeness (QED) is 0.689. The van der Waals surface area contributed by atoms with Gasteiger partial charge in [-0.05, 0) is 18.2 Å². The number of H-pyrrole nitrogens is 1. The van der Waals surface area contributed by atoms with Crippen LogP contribution in [0.2, 0.25) is 0 Å². The van der Waals surface area contributed by atoms with Crippen molar-refractivity contribution in [3.8, 4) is 11.5 Å². The number of hydrogen-bond donors (Lipinski definition) is 2. The van der Waals surface area contributed by atoms with E-state index in [4.69, 9.17) is 9.47 Å². The molecule has 3 aromatic rings. The van der Waals surface area contributed by atoms with Crippen molar-refractivity contribution in [2.24, 2.45) is 0 Å². The van der Waals surface area contributed by atoms with Crippen LogP contribution in [0.25, 0.3) is 11.0 Å². The van der Waals surface area contributed by atoms with Crippen molar-refractivity contribution < 1.29 is 17.9 Å². The van der Waals surface area contributed by atoms with E-state index in [1.54, 1.807) is 24.4 Å². The van der Waals surface area contributed by atoms with Crippen molar-refractivity contribution in [1.29, 1.82) is 0 Å². The molecule has 0 unspecified atom stereocenters. The number of nitrogens with one attached hydrogen (secondary N) is 2. The van der Waals surface area contributed by atoms with Crippen LogP contribution < -0.4 is 19.7 Å². The number of nitrogens with zero attached hydrogens (tertiary/aromatic N) is 2. The molecule has 1 fully saturated rings. The van der Waals surface area contributed by atoms with Gasteiger partial charge in [0, 0.05) is 38.6 Å². The molecule has 0 atom stereocenters. The molecular formula is C19H20N4O4S. The van der Waals surface area contributed by atoms with Gasteiger partial charge in [-0.25, -0.2) is 8.42 Å². The van der Waals surface area contributed by atoms with Gasteiger partial charge in [-0.3, -0.25) is 4.98 Å². The molecule has 8 nitrogen and oxygen atoms in total. The molecule has 0 bridgehead atoms. The van der Waals surface area contributed by atoms with Gasteiger partial charge in [-0.15, -0.1) is 0 Å². The summed E-state index contributed by atoms with van der Waals surface area (Å²) in [6.07, 6.45) is 3.38. The Balaban J connectivity index is 1.64. The molecule has 146 valence electrons. The zero-order valence-corrected chi connectivity index (χ0v) is 16.0. The summed E-state index contributed by atoms with van der Waals surface area (Å²) in [7, 11) is -3.83. The normalized spacial score (nSPS) is 17.1. The SMILES string of the molecule is O=S(=O)(c1cccc2c1OCCO2)c1ccnc2c(N3CCNCC3)c[nH]c12. The lowest BCUT2D eigenvalue weighted by atomic mass is 10.3. The summed E-state index contributed by atoms with van der Waals surface area (Å²) in [6, 6.07) is 6.46. The number of anilines is 1. The van der Waals surface area contributed by atoms with Gasteiger partial charge >= 0.3 is 0 Å². The third-order valence-corrected chi connectivity index (χ3v) is 6.90. The van der Waals surface area contributed by atoms with E-state index in [0.717, 1.165) is 31.9 Å². The molecule has 2 aliphatic rings. The number of para-hydroxylation sites is 1. The molecule has 28 heavy (non-hydrogen) atoms. The molecule has 0 saturated carbocycles. The highest BCUT2D eigenvalue weighted by molar-refractivity contribution is 7.91. The first-order chi connectivity index (χ1) is 13.7. The minimum absolute atomic E-state index is 0.107. The maximum absolute atomic E-state index is 13.5. The van der Waals surface area contributed by atoms with Crippen molar-refractivity contribution in [1.82, 2.24) is 15.3 Å². The van der Waals surface area contributed by atoms with E-state index < -0.39 is 9.84 Å². The molecule has 1 aromatic carbocycles. The van der Waals surface area contributed by atoms with Gasteiger partial charge in [-0.2, -0.15) is 0 Å². The zero-order valence-electron chi connectivity index (χ0n) is 15.1. The number of ether oxygens (including phenoxy) is 2. The summed E-state index contributed by atoms with van der Waals surface area (Å²) in [5, 5.41) is 3.32. The summed E-state index contributed by atoms with van der Waals surface area (Å²) in [5.74, 6) is 0.721. The maximum Gasteiger partial charge on any atom is 0.212 e. The van der Waals surface area contributed by atoms with Crippen LogP contribution in [-0.4, -0.2) is 57.8 Å². The first kappa shape index (κ1) is 17.3.